The van der Waals surface area contributed by atoms with Crippen molar-refractivity contribution in [3.05, 3.63) is 35.5 Å². The number of hydrogen-bond acceptors (Lipinski definition) is 2. The second kappa shape index (κ2) is 4.90. The molecule has 0 aliphatic carbocycles. The number of hydrogen-bond donors (Lipinski definition) is 1. The van der Waals surface area contributed by atoms with Gasteiger partial charge in [-0.3, -0.25) is 0 Å². The maximum atomic E-state index is 5.82. The first-order chi connectivity index (χ1) is 8.19. The molecule has 2 rings (SSSR count). The summed E-state index contributed by atoms with van der Waals surface area (Å²) in [7, 11) is 1.73. The van der Waals surface area contributed by atoms with Gasteiger partial charge in [-0.1, -0.05) is 18.2 Å². The van der Waals surface area contributed by atoms with Crippen LogP contribution in [-0.4, -0.2) is 11.7 Å². The predicted molar refractivity (Wildman–Crippen MR) is 70.9 cm³/mol. The van der Waals surface area contributed by atoms with E-state index < -0.39 is 0 Å². The molecule has 1 aromatic carbocycles. The summed E-state index contributed by atoms with van der Waals surface area (Å²) in [5, 5.41) is 1.25. The van der Waals surface area contributed by atoms with Gasteiger partial charge in [0.15, 0.2) is 0 Å². The summed E-state index contributed by atoms with van der Waals surface area (Å²) < 4.78 is 7.54. The average molecular weight is 232 g/mol. The first-order valence-corrected chi connectivity index (χ1v) is 5.99. The molecule has 0 fully saturated rings. The Morgan fingerprint density at radius 3 is 2.65 bits per heavy atom. The van der Waals surface area contributed by atoms with Crippen LogP contribution in [0.25, 0.3) is 10.9 Å². The average Bonchev–Trinajstić information content (AvgIpc) is 2.69. The quantitative estimate of drug-likeness (QED) is 0.880. The second-order valence-corrected chi connectivity index (χ2v) is 4.61. The zero-order valence-corrected chi connectivity index (χ0v) is 10.7. The van der Waals surface area contributed by atoms with Crippen molar-refractivity contribution in [1.82, 2.24) is 4.57 Å². The van der Waals surface area contributed by atoms with Gasteiger partial charge in [0.25, 0.3) is 0 Å². The van der Waals surface area contributed by atoms with Crippen molar-refractivity contribution in [2.75, 3.05) is 7.11 Å². The van der Waals surface area contributed by atoms with E-state index in [-0.39, 0.29) is 0 Å². The zero-order chi connectivity index (χ0) is 12.4. The molecule has 1 heterocycles. The van der Waals surface area contributed by atoms with Crippen LogP contribution in [0.3, 0.4) is 0 Å². The second-order valence-electron chi connectivity index (χ2n) is 4.61. The topological polar surface area (TPSA) is 40.2 Å². The van der Waals surface area contributed by atoms with Crippen LogP contribution in [0.5, 0.6) is 0 Å². The molecule has 0 aliphatic rings. The molecule has 0 saturated carbocycles. The minimum Gasteiger partial charge on any atom is -0.380 e. The fourth-order valence-electron chi connectivity index (χ4n) is 2.30. The molecule has 0 bridgehead atoms. The van der Waals surface area contributed by atoms with Gasteiger partial charge in [0, 0.05) is 36.8 Å². The van der Waals surface area contributed by atoms with Crippen LogP contribution in [-0.2, 0) is 17.9 Å². The van der Waals surface area contributed by atoms with Gasteiger partial charge < -0.3 is 15.0 Å². The number of methoxy groups -OCH3 is 1. The lowest BCUT2D eigenvalue weighted by atomic mass is 10.1. The predicted octanol–water partition coefficient (Wildman–Crippen LogP) is 2.83. The van der Waals surface area contributed by atoms with Crippen molar-refractivity contribution in [2.24, 2.45) is 5.73 Å². The summed E-state index contributed by atoms with van der Waals surface area (Å²) in [5.74, 6) is 0. The smallest absolute Gasteiger partial charge is 0.0733 e. The molecule has 2 N–H and O–H groups in total. The molecule has 0 radical (unpaired) electrons. The van der Waals surface area contributed by atoms with Crippen LogP contribution >= 0.6 is 0 Å². The molecular weight excluding hydrogens is 212 g/mol. The van der Waals surface area contributed by atoms with Crippen molar-refractivity contribution >= 4 is 10.9 Å². The number of nitrogens with two attached hydrogens (primary N) is 1. The summed E-state index contributed by atoms with van der Waals surface area (Å²) in [4.78, 5) is 0. The van der Waals surface area contributed by atoms with Gasteiger partial charge in [0.05, 0.1) is 12.1 Å². The third kappa shape index (κ3) is 2.08. The van der Waals surface area contributed by atoms with Gasteiger partial charge in [-0.2, -0.15) is 0 Å². The number of fused-ring (bicyclic) bond motifs is 1. The fourth-order valence-corrected chi connectivity index (χ4v) is 2.30. The molecule has 17 heavy (non-hydrogen) atoms. The van der Waals surface area contributed by atoms with E-state index in [4.69, 9.17) is 10.5 Å². The molecule has 0 aliphatic heterocycles. The number of benzene rings is 1. The van der Waals surface area contributed by atoms with Gasteiger partial charge in [-0.15, -0.1) is 0 Å². The number of rotatable bonds is 4. The van der Waals surface area contributed by atoms with Gasteiger partial charge in [-0.05, 0) is 19.4 Å². The van der Waals surface area contributed by atoms with E-state index in [2.05, 4.69) is 42.8 Å². The van der Waals surface area contributed by atoms with Crippen molar-refractivity contribution in [3.8, 4) is 0 Å². The third-order valence-electron chi connectivity index (χ3n) is 3.09. The molecule has 0 spiro atoms. The van der Waals surface area contributed by atoms with Crippen LogP contribution < -0.4 is 5.73 Å². The van der Waals surface area contributed by atoms with E-state index >= 15 is 0 Å². The monoisotopic (exact) mass is 232 g/mol. The van der Waals surface area contributed by atoms with Crippen molar-refractivity contribution in [1.29, 1.82) is 0 Å². The lowest BCUT2D eigenvalue weighted by Gasteiger charge is -2.11. The normalized spacial score (nSPS) is 11.6. The lowest BCUT2D eigenvalue weighted by molar-refractivity contribution is 0.185. The van der Waals surface area contributed by atoms with Crippen LogP contribution in [0.15, 0.2) is 24.4 Å². The summed E-state index contributed by atoms with van der Waals surface area (Å²) in [6.45, 7) is 5.58. The lowest BCUT2D eigenvalue weighted by Crippen LogP contribution is -2.03. The van der Waals surface area contributed by atoms with Crippen molar-refractivity contribution < 1.29 is 4.74 Å². The first-order valence-electron chi connectivity index (χ1n) is 5.99. The van der Waals surface area contributed by atoms with Crippen LogP contribution in [0, 0.1) is 0 Å². The number of para-hydroxylation sites is 1. The molecule has 2 aromatic rings. The molecule has 1 aromatic heterocycles. The van der Waals surface area contributed by atoms with Gasteiger partial charge in [-0.25, -0.2) is 0 Å². The molecule has 0 unspecified atom stereocenters. The van der Waals surface area contributed by atoms with E-state index in [1.54, 1.807) is 7.11 Å². The number of ether oxygens (including phenoxy) is 1. The molecule has 3 nitrogen and oxygen atoms in total. The molecule has 0 saturated heterocycles. The Balaban J connectivity index is 2.71. The molecule has 0 atom stereocenters. The van der Waals surface area contributed by atoms with E-state index in [1.807, 2.05) is 0 Å². The maximum Gasteiger partial charge on any atom is 0.0733 e. The van der Waals surface area contributed by atoms with Gasteiger partial charge in [0.1, 0.15) is 0 Å². The van der Waals surface area contributed by atoms with E-state index in [0.29, 0.717) is 19.2 Å². The van der Waals surface area contributed by atoms with Gasteiger partial charge in [0.2, 0.25) is 0 Å². The number of nitrogens with zero attached hydrogens (tertiary/aromatic N) is 1. The van der Waals surface area contributed by atoms with E-state index in [0.717, 1.165) is 0 Å². The van der Waals surface area contributed by atoms with E-state index in [1.165, 1.54) is 22.0 Å². The highest BCUT2D eigenvalue weighted by atomic mass is 16.5. The Kier molecular flexibility index (Phi) is 3.50. The van der Waals surface area contributed by atoms with Crippen LogP contribution in [0.1, 0.15) is 31.0 Å². The SMILES string of the molecule is COCc1cn(C(C)C)c2c(CN)cccc12. The minimum absolute atomic E-state index is 0.427. The highest BCUT2D eigenvalue weighted by molar-refractivity contribution is 5.87. The maximum absolute atomic E-state index is 5.82. The zero-order valence-electron chi connectivity index (χ0n) is 10.7. The van der Waals surface area contributed by atoms with Gasteiger partial charge >= 0.3 is 0 Å². The summed E-state index contributed by atoms with van der Waals surface area (Å²) in [6, 6.07) is 6.73. The highest BCUT2D eigenvalue weighted by Gasteiger charge is 2.12. The summed E-state index contributed by atoms with van der Waals surface area (Å²) in [5.41, 5.74) is 9.49. The third-order valence-corrected chi connectivity index (χ3v) is 3.09. The Morgan fingerprint density at radius 2 is 2.06 bits per heavy atom. The van der Waals surface area contributed by atoms with E-state index in [9.17, 15) is 0 Å². The van der Waals surface area contributed by atoms with Crippen LogP contribution in [0.4, 0.5) is 0 Å². The standard InChI is InChI=1S/C14H20N2O/c1-10(2)16-8-12(9-17-3)13-6-4-5-11(7-15)14(13)16/h4-6,8,10H,7,9,15H2,1-3H3. The Bertz CT molecular complexity index is 514. The minimum atomic E-state index is 0.427. The van der Waals surface area contributed by atoms with Crippen molar-refractivity contribution in [3.63, 3.8) is 0 Å². The summed E-state index contributed by atoms with van der Waals surface area (Å²) in [6.07, 6.45) is 2.18. The Hall–Kier alpha value is -1.32. The Morgan fingerprint density at radius 1 is 1.29 bits per heavy atom. The fraction of sp³-hybridized carbons (Fsp3) is 0.429. The highest BCUT2D eigenvalue weighted by Crippen LogP contribution is 2.28. The molecule has 0 amide bonds. The largest absolute Gasteiger partial charge is 0.380 e. The van der Waals surface area contributed by atoms with Crippen LogP contribution in [0.2, 0.25) is 0 Å². The van der Waals surface area contributed by atoms with Crippen molar-refractivity contribution in [2.45, 2.75) is 33.0 Å². The first kappa shape index (κ1) is 12.1. The Labute approximate surface area is 102 Å². The molecular formula is C14H20N2O. The summed E-state index contributed by atoms with van der Waals surface area (Å²) >= 11 is 0. The number of aromatic nitrogens is 1. The molecule has 3 heteroatoms. The molecule has 92 valence electrons.